The fourth-order valence-electron chi connectivity index (χ4n) is 4.19. The van der Waals surface area contributed by atoms with Crippen molar-refractivity contribution in [2.24, 2.45) is 7.05 Å². The van der Waals surface area contributed by atoms with Crippen LogP contribution in [0.5, 0.6) is 5.75 Å². The van der Waals surface area contributed by atoms with E-state index in [1.807, 2.05) is 35.9 Å². The summed E-state index contributed by atoms with van der Waals surface area (Å²) in [5.41, 5.74) is 4.70. The van der Waals surface area contributed by atoms with Crippen LogP contribution in [0.3, 0.4) is 0 Å². The monoisotopic (exact) mass is 418 g/mol. The maximum absolute atomic E-state index is 5.27. The summed E-state index contributed by atoms with van der Waals surface area (Å²) >= 11 is 1.81. The molecule has 6 heteroatoms. The molecular weight excluding hydrogens is 392 g/mol. The molecule has 0 radical (unpaired) electrons. The first-order valence-corrected chi connectivity index (χ1v) is 11.2. The zero-order valence-electron chi connectivity index (χ0n) is 17.6. The molecule has 4 aromatic rings. The van der Waals surface area contributed by atoms with Gasteiger partial charge in [-0.25, -0.2) is 9.97 Å². The summed E-state index contributed by atoms with van der Waals surface area (Å²) in [4.78, 5) is 10.7. The third kappa shape index (κ3) is 3.20. The van der Waals surface area contributed by atoms with Crippen LogP contribution in [0.4, 0.5) is 0 Å². The van der Waals surface area contributed by atoms with Crippen molar-refractivity contribution in [1.82, 2.24) is 19.9 Å². The van der Waals surface area contributed by atoms with Gasteiger partial charge in [-0.1, -0.05) is 12.1 Å². The third-order valence-corrected chi connectivity index (χ3v) is 7.58. The van der Waals surface area contributed by atoms with Gasteiger partial charge in [-0.3, -0.25) is 0 Å². The Morgan fingerprint density at radius 3 is 2.67 bits per heavy atom. The second-order valence-corrected chi connectivity index (χ2v) is 9.14. The van der Waals surface area contributed by atoms with Crippen LogP contribution >= 0.6 is 11.3 Å². The highest BCUT2D eigenvalue weighted by atomic mass is 32.1. The molecule has 1 aliphatic carbocycles. The predicted octanol–water partition coefficient (Wildman–Crippen LogP) is 5.18. The molecule has 0 amide bonds. The van der Waals surface area contributed by atoms with E-state index in [0.717, 1.165) is 30.8 Å². The molecule has 0 spiro atoms. The molecular formula is C24H26N4OS. The van der Waals surface area contributed by atoms with Crippen molar-refractivity contribution in [3.05, 3.63) is 65.1 Å². The lowest BCUT2D eigenvalue weighted by molar-refractivity contribution is 0.183. The molecule has 30 heavy (non-hydrogen) atoms. The maximum Gasteiger partial charge on any atom is 0.140 e. The van der Waals surface area contributed by atoms with Crippen LogP contribution in [-0.4, -0.2) is 21.6 Å². The number of benzene rings is 1. The second-order valence-electron chi connectivity index (χ2n) is 8.11. The van der Waals surface area contributed by atoms with Crippen LogP contribution in [0.2, 0.25) is 0 Å². The fourth-order valence-corrected chi connectivity index (χ4v) is 5.37. The lowest BCUT2D eigenvalue weighted by atomic mass is 9.77. The molecule has 0 atom stereocenters. The first-order valence-electron chi connectivity index (χ1n) is 10.4. The molecule has 0 saturated heterocycles. The van der Waals surface area contributed by atoms with Gasteiger partial charge in [0, 0.05) is 42.6 Å². The standard InChI is InChI=1S/C24H26N4OS/c1-16-13-20-19(9-12-25-22(20)28(16)2)21-15-26-23(30-21)24(10-4-11-24)27-14-17-5-7-18(29-3)8-6-17/h5-9,12-13,15,27H,4,10-11,14H2,1-3H3. The normalized spacial score (nSPS) is 15.3. The third-order valence-electron chi connectivity index (χ3n) is 6.35. The van der Waals surface area contributed by atoms with Crippen LogP contribution < -0.4 is 10.1 Å². The average Bonchev–Trinajstić information content (AvgIpc) is 3.33. The van der Waals surface area contributed by atoms with Gasteiger partial charge in [0.15, 0.2) is 0 Å². The summed E-state index contributed by atoms with van der Waals surface area (Å²) in [6, 6.07) is 12.6. The molecule has 1 aromatic carbocycles. The lowest BCUT2D eigenvalue weighted by Crippen LogP contribution is -2.47. The van der Waals surface area contributed by atoms with E-state index in [1.165, 1.54) is 38.5 Å². The number of methoxy groups -OCH3 is 1. The molecule has 3 heterocycles. The Kier molecular flexibility index (Phi) is 4.83. The minimum Gasteiger partial charge on any atom is -0.497 e. The first-order chi connectivity index (χ1) is 14.6. The molecule has 0 unspecified atom stereocenters. The van der Waals surface area contributed by atoms with Gasteiger partial charge in [0.25, 0.3) is 0 Å². The maximum atomic E-state index is 5.27. The fraction of sp³-hybridized carbons (Fsp3) is 0.333. The molecule has 1 saturated carbocycles. The lowest BCUT2D eigenvalue weighted by Gasteiger charge is -2.41. The quantitative estimate of drug-likeness (QED) is 0.469. The van der Waals surface area contributed by atoms with Gasteiger partial charge in [0.1, 0.15) is 16.4 Å². The Morgan fingerprint density at radius 2 is 1.97 bits per heavy atom. The Labute approximate surface area is 180 Å². The highest BCUT2D eigenvalue weighted by Crippen LogP contribution is 2.45. The molecule has 0 aliphatic heterocycles. The van der Waals surface area contributed by atoms with E-state index in [0.29, 0.717) is 0 Å². The number of hydrogen-bond acceptors (Lipinski definition) is 5. The minimum atomic E-state index is -0.0123. The van der Waals surface area contributed by atoms with Gasteiger partial charge in [-0.2, -0.15) is 0 Å². The van der Waals surface area contributed by atoms with Crippen molar-refractivity contribution < 1.29 is 4.74 Å². The molecule has 1 fully saturated rings. The van der Waals surface area contributed by atoms with Crippen molar-refractivity contribution >= 4 is 22.4 Å². The van der Waals surface area contributed by atoms with Crippen molar-refractivity contribution in [3.8, 4) is 16.2 Å². The van der Waals surface area contributed by atoms with Crippen LogP contribution in [0, 0.1) is 6.92 Å². The molecule has 154 valence electrons. The van der Waals surface area contributed by atoms with Gasteiger partial charge < -0.3 is 14.6 Å². The van der Waals surface area contributed by atoms with Crippen molar-refractivity contribution in [2.75, 3.05) is 7.11 Å². The summed E-state index contributed by atoms with van der Waals surface area (Å²) < 4.78 is 7.41. The van der Waals surface area contributed by atoms with Gasteiger partial charge in [-0.15, -0.1) is 11.3 Å². The van der Waals surface area contributed by atoms with E-state index in [2.05, 4.69) is 53.1 Å². The number of aromatic nitrogens is 3. The van der Waals surface area contributed by atoms with Gasteiger partial charge >= 0.3 is 0 Å². The van der Waals surface area contributed by atoms with E-state index in [-0.39, 0.29) is 5.54 Å². The Morgan fingerprint density at radius 1 is 1.17 bits per heavy atom. The zero-order valence-corrected chi connectivity index (χ0v) is 18.4. The highest BCUT2D eigenvalue weighted by molar-refractivity contribution is 7.15. The topological polar surface area (TPSA) is 52.0 Å². The number of hydrogen-bond donors (Lipinski definition) is 1. The Balaban J connectivity index is 1.41. The van der Waals surface area contributed by atoms with E-state index in [1.54, 1.807) is 7.11 Å². The largest absolute Gasteiger partial charge is 0.497 e. The summed E-state index contributed by atoms with van der Waals surface area (Å²) in [6.07, 6.45) is 7.43. The second kappa shape index (κ2) is 7.52. The van der Waals surface area contributed by atoms with E-state index < -0.39 is 0 Å². The minimum absolute atomic E-state index is 0.0123. The number of thiazole rings is 1. The molecule has 5 rings (SSSR count). The first kappa shape index (κ1) is 19.3. The van der Waals surface area contributed by atoms with Crippen molar-refractivity contribution in [2.45, 2.75) is 38.3 Å². The Bertz CT molecular complexity index is 1190. The SMILES string of the molecule is COc1ccc(CNC2(c3ncc(-c4ccnc5c4cc(C)n5C)s3)CCC2)cc1. The highest BCUT2D eigenvalue weighted by Gasteiger charge is 2.41. The molecule has 1 N–H and O–H groups in total. The zero-order chi connectivity index (χ0) is 20.7. The van der Waals surface area contributed by atoms with Gasteiger partial charge in [0.2, 0.25) is 0 Å². The summed E-state index contributed by atoms with van der Waals surface area (Å²) in [5.74, 6) is 0.890. The van der Waals surface area contributed by atoms with Crippen LogP contribution in [0.1, 0.15) is 35.5 Å². The van der Waals surface area contributed by atoms with Gasteiger partial charge in [0.05, 0.1) is 17.5 Å². The van der Waals surface area contributed by atoms with Crippen LogP contribution in [-0.2, 0) is 19.1 Å². The van der Waals surface area contributed by atoms with Gasteiger partial charge in [-0.05, 0) is 56.0 Å². The number of pyridine rings is 1. The summed E-state index contributed by atoms with van der Waals surface area (Å²) in [5, 5.41) is 6.19. The number of fused-ring (bicyclic) bond motifs is 1. The molecule has 5 nitrogen and oxygen atoms in total. The predicted molar refractivity (Wildman–Crippen MR) is 122 cm³/mol. The van der Waals surface area contributed by atoms with Crippen molar-refractivity contribution in [3.63, 3.8) is 0 Å². The Hall–Kier alpha value is -2.70. The van der Waals surface area contributed by atoms with Crippen molar-refractivity contribution in [1.29, 1.82) is 0 Å². The number of ether oxygens (including phenoxy) is 1. The van der Waals surface area contributed by atoms with E-state index >= 15 is 0 Å². The number of aryl methyl sites for hydroxylation is 2. The van der Waals surface area contributed by atoms with Crippen LogP contribution in [0.25, 0.3) is 21.5 Å². The molecule has 1 aliphatic rings. The smallest absolute Gasteiger partial charge is 0.140 e. The number of nitrogens with one attached hydrogen (secondary N) is 1. The number of rotatable bonds is 6. The number of nitrogens with zero attached hydrogens (tertiary/aromatic N) is 3. The molecule has 3 aromatic heterocycles. The van der Waals surface area contributed by atoms with E-state index in [4.69, 9.17) is 9.72 Å². The average molecular weight is 419 g/mol. The summed E-state index contributed by atoms with van der Waals surface area (Å²) in [7, 11) is 3.77. The van der Waals surface area contributed by atoms with Crippen LogP contribution in [0.15, 0.2) is 48.8 Å². The summed E-state index contributed by atoms with van der Waals surface area (Å²) in [6.45, 7) is 2.95. The van der Waals surface area contributed by atoms with E-state index in [9.17, 15) is 0 Å². The molecule has 0 bridgehead atoms.